The lowest BCUT2D eigenvalue weighted by Gasteiger charge is -2.22. The molecule has 0 spiro atoms. The number of carbonyl (C=O) groups excluding carboxylic acids is 1. The summed E-state index contributed by atoms with van der Waals surface area (Å²) < 4.78 is 8.48. The standard InChI is InChI=1S/C24H23N3O2/c1-18(28)26-20-9-11-21(12-10-20)29-24(13-15-27-16-14-25-17-27)23-8-4-6-19-5-2-3-7-22(19)23/h2-12,14,16-17,24H,13,15H2,1H3,(H,26,28). The quantitative estimate of drug-likeness (QED) is 0.475. The number of benzene rings is 3. The summed E-state index contributed by atoms with van der Waals surface area (Å²) in [6.07, 6.45) is 6.26. The van der Waals surface area contributed by atoms with E-state index in [1.54, 1.807) is 6.20 Å². The molecule has 1 amide bonds. The Labute approximate surface area is 170 Å². The van der Waals surface area contributed by atoms with Crippen LogP contribution < -0.4 is 10.1 Å². The van der Waals surface area contributed by atoms with Crippen LogP contribution in [0.3, 0.4) is 0 Å². The lowest BCUT2D eigenvalue weighted by molar-refractivity contribution is -0.114. The second kappa shape index (κ2) is 8.61. The zero-order valence-corrected chi connectivity index (χ0v) is 16.3. The van der Waals surface area contributed by atoms with Crippen LogP contribution in [0.1, 0.15) is 25.0 Å². The summed E-state index contributed by atoms with van der Waals surface area (Å²) in [6, 6.07) is 22.2. The Kier molecular flexibility index (Phi) is 5.56. The molecule has 0 saturated heterocycles. The molecule has 0 aliphatic rings. The van der Waals surface area contributed by atoms with Gasteiger partial charge >= 0.3 is 0 Å². The fraction of sp³-hybridized carbons (Fsp3) is 0.167. The van der Waals surface area contributed by atoms with Crippen LogP contribution in [0.2, 0.25) is 0 Å². The van der Waals surface area contributed by atoms with Crippen LogP contribution in [-0.4, -0.2) is 15.5 Å². The number of aryl methyl sites for hydroxylation is 1. The van der Waals surface area contributed by atoms with E-state index in [9.17, 15) is 4.79 Å². The molecule has 0 radical (unpaired) electrons. The van der Waals surface area contributed by atoms with Crippen molar-refractivity contribution in [2.75, 3.05) is 5.32 Å². The third-order valence-corrected chi connectivity index (χ3v) is 4.83. The molecule has 1 N–H and O–H groups in total. The Hall–Kier alpha value is -3.60. The maximum Gasteiger partial charge on any atom is 0.221 e. The number of rotatable bonds is 7. The number of amides is 1. The van der Waals surface area contributed by atoms with Gasteiger partial charge in [0.15, 0.2) is 0 Å². The molecular formula is C24H23N3O2. The minimum atomic E-state index is -0.116. The highest BCUT2D eigenvalue weighted by atomic mass is 16.5. The molecule has 0 aliphatic carbocycles. The molecule has 4 aromatic rings. The lowest BCUT2D eigenvalue weighted by atomic mass is 9.98. The molecule has 146 valence electrons. The monoisotopic (exact) mass is 385 g/mol. The highest BCUT2D eigenvalue weighted by Gasteiger charge is 2.17. The highest BCUT2D eigenvalue weighted by Crippen LogP contribution is 2.31. The summed E-state index contributed by atoms with van der Waals surface area (Å²) in [5.74, 6) is 0.676. The van der Waals surface area contributed by atoms with Crippen molar-refractivity contribution in [3.8, 4) is 5.75 Å². The van der Waals surface area contributed by atoms with E-state index in [1.807, 2.05) is 42.9 Å². The molecule has 4 rings (SSSR count). The van der Waals surface area contributed by atoms with Gasteiger partial charge in [-0.1, -0.05) is 42.5 Å². The van der Waals surface area contributed by atoms with Crippen molar-refractivity contribution in [2.45, 2.75) is 26.0 Å². The number of fused-ring (bicyclic) bond motifs is 1. The van der Waals surface area contributed by atoms with Crippen molar-refractivity contribution in [3.63, 3.8) is 0 Å². The van der Waals surface area contributed by atoms with Crippen LogP contribution in [0.15, 0.2) is 85.5 Å². The number of imidazole rings is 1. The highest BCUT2D eigenvalue weighted by molar-refractivity contribution is 5.88. The molecule has 1 heterocycles. The Balaban J connectivity index is 1.62. The zero-order chi connectivity index (χ0) is 20.1. The second-order valence-electron chi connectivity index (χ2n) is 6.97. The van der Waals surface area contributed by atoms with Crippen molar-refractivity contribution < 1.29 is 9.53 Å². The van der Waals surface area contributed by atoms with Gasteiger partial charge in [0.2, 0.25) is 5.91 Å². The van der Waals surface area contributed by atoms with E-state index in [-0.39, 0.29) is 12.0 Å². The van der Waals surface area contributed by atoms with Crippen LogP contribution in [-0.2, 0) is 11.3 Å². The Morgan fingerprint density at radius 1 is 1.07 bits per heavy atom. The molecular weight excluding hydrogens is 362 g/mol. The van der Waals surface area contributed by atoms with E-state index in [0.717, 1.165) is 30.0 Å². The van der Waals surface area contributed by atoms with E-state index < -0.39 is 0 Å². The topological polar surface area (TPSA) is 56.1 Å². The van der Waals surface area contributed by atoms with Crippen LogP contribution in [0.5, 0.6) is 5.75 Å². The molecule has 29 heavy (non-hydrogen) atoms. The summed E-state index contributed by atoms with van der Waals surface area (Å²) in [5.41, 5.74) is 1.92. The van der Waals surface area contributed by atoms with E-state index >= 15 is 0 Å². The van der Waals surface area contributed by atoms with Gasteiger partial charge in [-0.15, -0.1) is 0 Å². The largest absolute Gasteiger partial charge is 0.486 e. The summed E-state index contributed by atoms with van der Waals surface area (Å²) in [5, 5.41) is 5.17. The van der Waals surface area contributed by atoms with Gasteiger partial charge in [-0.3, -0.25) is 4.79 Å². The molecule has 3 aromatic carbocycles. The van der Waals surface area contributed by atoms with E-state index in [4.69, 9.17) is 4.74 Å². The molecule has 0 bridgehead atoms. The van der Waals surface area contributed by atoms with E-state index in [2.05, 4.69) is 51.3 Å². The van der Waals surface area contributed by atoms with Gasteiger partial charge in [0.1, 0.15) is 11.9 Å². The van der Waals surface area contributed by atoms with Gasteiger partial charge in [0.25, 0.3) is 0 Å². The second-order valence-corrected chi connectivity index (χ2v) is 6.97. The molecule has 1 aromatic heterocycles. The molecule has 0 fully saturated rings. The average Bonchev–Trinajstić information content (AvgIpc) is 3.25. The fourth-order valence-corrected chi connectivity index (χ4v) is 3.48. The first-order valence-electron chi connectivity index (χ1n) is 9.67. The number of anilines is 1. The van der Waals surface area contributed by atoms with Gasteiger partial charge in [-0.2, -0.15) is 0 Å². The number of hydrogen-bond acceptors (Lipinski definition) is 3. The van der Waals surface area contributed by atoms with Crippen molar-refractivity contribution >= 4 is 22.4 Å². The van der Waals surface area contributed by atoms with Gasteiger partial charge in [-0.05, 0) is 35.0 Å². The Bertz CT molecular complexity index is 1080. The van der Waals surface area contributed by atoms with Gasteiger partial charge < -0.3 is 14.6 Å². The first-order chi connectivity index (χ1) is 14.2. The number of hydrogen-bond donors (Lipinski definition) is 1. The first-order valence-corrected chi connectivity index (χ1v) is 9.67. The molecule has 5 heteroatoms. The number of nitrogens with zero attached hydrogens (tertiary/aromatic N) is 2. The summed E-state index contributed by atoms with van der Waals surface area (Å²) in [4.78, 5) is 15.4. The number of ether oxygens (including phenoxy) is 1. The van der Waals surface area contributed by atoms with Crippen LogP contribution in [0.25, 0.3) is 10.8 Å². The Morgan fingerprint density at radius 3 is 2.62 bits per heavy atom. The average molecular weight is 385 g/mol. The normalized spacial score (nSPS) is 11.9. The van der Waals surface area contributed by atoms with Gasteiger partial charge in [0.05, 0.1) is 6.33 Å². The van der Waals surface area contributed by atoms with Crippen LogP contribution >= 0.6 is 0 Å². The van der Waals surface area contributed by atoms with Crippen molar-refractivity contribution in [1.29, 1.82) is 0 Å². The first kappa shape index (κ1) is 18.7. The SMILES string of the molecule is CC(=O)Nc1ccc(OC(CCn2ccnc2)c2cccc3ccccc23)cc1. The number of aromatic nitrogens is 2. The fourth-order valence-electron chi connectivity index (χ4n) is 3.48. The molecule has 0 saturated carbocycles. The lowest BCUT2D eigenvalue weighted by Crippen LogP contribution is -2.12. The minimum absolute atomic E-state index is 0.0902. The van der Waals surface area contributed by atoms with Gasteiger partial charge in [0, 0.05) is 43.5 Å². The maximum atomic E-state index is 11.2. The van der Waals surface area contributed by atoms with Crippen LogP contribution in [0, 0.1) is 0 Å². The van der Waals surface area contributed by atoms with Gasteiger partial charge in [-0.25, -0.2) is 4.98 Å². The summed E-state index contributed by atoms with van der Waals surface area (Å²) in [6.45, 7) is 2.30. The smallest absolute Gasteiger partial charge is 0.221 e. The molecule has 0 aliphatic heterocycles. The van der Waals surface area contributed by atoms with E-state index in [1.165, 1.54) is 17.7 Å². The third kappa shape index (κ3) is 4.63. The Morgan fingerprint density at radius 2 is 1.86 bits per heavy atom. The predicted molar refractivity (Wildman–Crippen MR) is 115 cm³/mol. The van der Waals surface area contributed by atoms with E-state index in [0.29, 0.717) is 0 Å². The van der Waals surface area contributed by atoms with Crippen molar-refractivity contribution in [1.82, 2.24) is 9.55 Å². The number of carbonyl (C=O) groups is 1. The zero-order valence-electron chi connectivity index (χ0n) is 16.3. The minimum Gasteiger partial charge on any atom is -0.486 e. The maximum absolute atomic E-state index is 11.2. The summed E-state index contributed by atoms with van der Waals surface area (Å²) >= 11 is 0. The van der Waals surface area contributed by atoms with Crippen molar-refractivity contribution in [3.05, 3.63) is 91.0 Å². The third-order valence-electron chi connectivity index (χ3n) is 4.83. The molecule has 5 nitrogen and oxygen atoms in total. The molecule has 1 unspecified atom stereocenters. The molecule has 1 atom stereocenters. The predicted octanol–water partition coefficient (Wildman–Crippen LogP) is 5.21. The number of nitrogens with one attached hydrogen (secondary N) is 1. The van der Waals surface area contributed by atoms with Crippen molar-refractivity contribution in [2.24, 2.45) is 0 Å². The van der Waals surface area contributed by atoms with Crippen LogP contribution in [0.4, 0.5) is 5.69 Å². The summed E-state index contributed by atoms with van der Waals surface area (Å²) in [7, 11) is 0.